The minimum Gasteiger partial charge on any atom is -0.213 e. The van der Waals surface area contributed by atoms with Crippen molar-refractivity contribution in [2.75, 3.05) is 32.4 Å². The third-order valence-electron chi connectivity index (χ3n) is 4.33. The summed E-state index contributed by atoms with van der Waals surface area (Å²) in [6, 6.07) is 5.43. The first-order chi connectivity index (χ1) is 10.8. The van der Waals surface area contributed by atoms with Crippen LogP contribution in [0.3, 0.4) is 0 Å². The first-order valence-corrected chi connectivity index (χ1v) is 11.2. The Hall–Kier alpha value is -0.960. The molecule has 1 heterocycles. The normalized spacial score (nSPS) is 18.7. The van der Waals surface area contributed by atoms with Crippen LogP contribution in [0.2, 0.25) is 0 Å². The van der Waals surface area contributed by atoms with Crippen LogP contribution in [0.4, 0.5) is 0 Å². The van der Waals surface area contributed by atoms with E-state index in [1.54, 1.807) is 13.0 Å². The lowest BCUT2D eigenvalue weighted by Gasteiger charge is -2.33. The number of aryl methyl sites for hydroxylation is 1. The molecule has 24 heavy (non-hydrogen) atoms. The second kappa shape index (κ2) is 6.40. The SMILES string of the molecule is Cc1cc(C(C)(C)C)ccc1S(=O)(=O)N1CCN(S(C)(=O)=O)CC1. The van der Waals surface area contributed by atoms with E-state index in [1.165, 1.54) is 8.61 Å². The standard InChI is InChI=1S/C16H26N2O4S2/c1-13-12-14(16(2,3)4)6-7-15(13)24(21,22)18-10-8-17(9-11-18)23(5,19)20/h6-7,12H,8-11H2,1-5H3. The lowest BCUT2D eigenvalue weighted by Crippen LogP contribution is -2.50. The Morgan fingerprint density at radius 2 is 1.42 bits per heavy atom. The Balaban J connectivity index is 2.26. The van der Waals surface area contributed by atoms with Crippen molar-refractivity contribution in [3.8, 4) is 0 Å². The van der Waals surface area contributed by atoms with E-state index >= 15 is 0 Å². The van der Waals surface area contributed by atoms with E-state index in [-0.39, 0.29) is 31.6 Å². The lowest BCUT2D eigenvalue weighted by molar-refractivity contribution is 0.274. The van der Waals surface area contributed by atoms with Gasteiger partial charge in [-0.1, -0.05) is 32.9 Å². The van der Waals surface area contributed by atoms with Crippen molar-refractivity contribution in [1.29, 1.82) is 0 Å². The summed E-state index contributed by atoms with van der Waals surface area (Å²) in [5, 5.41) is 0. The molecule has 1 fully saturated rings. The molecule has 136 valence electrons. The highest BCUT2D eigenvalue weighted by molar-refractivity contribution is 7.89. The molecule has 0 saturated carbocycles. The van der Waals surface area contributed by atoms with Crippen molar-refractivity contribution < 1.29 is 16.8 Å². The summed E-state index contributed by atoms with van der Waals surface area (Å²) in [6.45, 7) is 8.79. The Morgan fingerprint density at radius 3 is 1.83 bits per heavy atom. The molecule has 1 aromatic carbocycles. The highest BCUT2D eigenvalue weighted by Gasteiger charge is 2.32. The van der Waals surface area contributed by atoms with Gasteiger partial charge in [-0.15, -0.1) is 0 Å². The summed E-state index contributed by atoms with van der Waals surface area (Å²) in [5.41, 5.74) is 1.75. The molecule has 1 saturated heterocycles. The van der Waals surface area contributed by atoms with Gasteiger partial charge in [-0.25, -0.2) is 16.8 Å². The fourth-order valence-electron chi connectivity index (χ4n) is 2.79. The molecule has 2 rings (SSSR count). The Morgan fingerprint density at radius 1 is 0.917 bits per heavy atom. The average molecular weight is 375 g/mol. The van der Waals surface area contributed by atoms with E-state index in [0.29, 0.717) is 10.5 Å². The highest BCUT2D eigenvalue weighted by Crippen LogP contribution is 2.28. The van der Waals surface area contributed by atoms with Gasteiger partial charge in [0, 0.05) is 26.2 Å². The van der Waals surface area contributed by atoms with Gasteiger partial charge in [0.1, 0.15) is 0 Å². The number of rotatable bonds is 3. The first-order valence-electron chi connectivity index (χ1n) is 7.90. The van der Waals surface area contributed by atoms with Gasteiger partial charge in [-0.3, -0.25) is 0 Å². The van der Waals surface area contributed by atoms with E-state index in [2.05, 4.69) is 20.8 Å². The molecular weight excluding hydrogens is 348 g/mol. The number of hydrogen-bond acceptors (Lipinski definition) is 4. The lowest BCUT2D eigenvalue weighted by atomic mass is 9.86. The molecule has 0 bridgehead atoms. The van der Waals surface area contributed by atoms with E-state index in [0.717, 1.165) is 11.8 Å². The highest BCUT2D eigenvalue weighted by atomic mass is 32.2. The maximum atomic E-state index is 12.9. The number of sulfonamides is 2. The van der Waals surface area contributed by atoms with E-state index in [1.807, 2.05) is 12.1 Å². The van der Waals surface area contributed by atoms with E-state index < -0.39 is 20.0 Å². The molecular formula is C16H26N2O4S2. The minimum absolute atomic E-state index is 0.0475. The van der Waals surface area contributed by atoms with E-state index in [9.17, 15) is 16.8 Å². The summed E-state index contributed by atoms with van der Waals surface area (Å²) < 4.78 is 51.6. The molecule has 1 aliphatic rings. The van der Waals surface area contributed by atoms with Gasteiger partial charge in [0.2, 0.25) is 20.0 Å². The van der Waals surface area contributed by atoms with Crippen LogP contribution in [0.1, 0.15) is 31.9 Å². The monoisotopic (exact) mass is 374 g/mol. The smallest absolute Gasteiger partial charge is 0.213 e. The van der Waals surface area contributed by atoms with Crippen LogP contribution in [0.15, 0.2) is 23.1 Å². The van der Waals surface area contributed by atoms with Gasteiger partial charge >= 0.3 is 0 Å². The van der Waals surface area contributed by atoms with Crippen molar-refractivity contribution in [3.63, 3.8) is 0 Å². The summed E-state index contributed by atoms with van der Waals surface area (Å²) in [4.78, 5) is 0.295. The van der Waals surface area contributed by atoms with Crippen LogP contribution in [0.25, 0.3) is 0 Å². The largest absolute Gasteiger partial charge is 0.243 e. The van der Waals surface area contributed by atoms with Crippen LogP contribution >= 0.6 is 0 Å². The van der Waals surface area contributed by atoms with Crippen LogP contribution < -0.4 is 0 Å². The Bertz CT molecular complexity index is 816. The number of nitrogens with zero attached hydrogens (tertiary/aromatic N) is 2. The summed E-state index contributed by atoms with van der Waals surface area (Å²) in [7, 11) is -6.89. The topological polar surface area (TPSA) is 74.8 Å². The predicted molar refractivity (Wildman–Crippen MR) is 95.1 cm³/mol. The summed E-state index contributed by atoms with van der Waals surface area (Å²) >= 11 is 0. The van der Waals surface area contributed by atoms with Gasteiger partial charge < -0.3 is 0 Å². The molecule has 0 aromatic heterocycles. The van der Waals surface area contributed by atoms with Gasteiger partial charge in [-0.2, -0.15) is 8.61 Å². The van der Waals surface area contributed by atoms with Crippen molar-refractivity contribution in [2.24, 2.45) is 0 Å². The van der Waals surface area contributed by atoms with Crippen LogP contribution in [0, 0.1) is 6.92 Å². The number of benzene rings is 1. The van der Waals surface area contributed by atoms with Gasteiger partial charge in [0.25, 0.3) is 0 Å². The van der Waals surface area contributed by atoms with Crippen LogP contribution in [-0.2, 0) is 25.5 Å². The average Bonchev–Trinajstić information content (AvgIpc) is 2.45. The molecule has 1 aliphatic heterocycles. The molecule has 0 aliphatic carbocycles. The second-order valence-corrected chi connectivity index (χ2v) is 11.2. The van der Waals surface area contributed by atoms with Crippen molar-refractivity contribution in [3.05, 3.63) is 29.3 Å². The maximum absolute atomic E-state index is 12.9. The Labute approximate surface area is 145 Å². The third-order valence-corrected chi connectivity index (χ3v) is 7.69. The van der Waals surface area contributed by atoms with Gasteiger partial charge in [0.05, 0.1) is 11.2 Å². The van der Waals surface area contributed by atoms with Gasteiger partial charge in [-0.05, 0) is 29.5 Å². The van der Waals surface area contributed by atoms with Crippen LogP contribution in [-0.4, -0.2) is 57.9 Å². The van der Waals surface area contributed by atoms with Crippen molar-refractivity contribution in [2.45, 2.75) is 38.0 Å². The number of piperazine rings is 1. The van der Waals surface area contributed by atoms with Crippen LogP contribution in [0.5, 0.6) is 0 Å². The predicted octanol–water partition coefficient (Wildman–Crippen LogP) is 1.56. The zero-order chi connectivity index (χ0) is 18.3. The number of hydrogen-bond donors (Lipinski definition) is 0. The van der Waals surface area contributed by atoms with E-state index in [4.69, 9.17) is 0 Å². The fourth-order valence-corrected chi connectivity index (χ4v) is 5.24. The summed E-state index contributed by atoms with van der Waals surface area (Å²) in [6.07, 6.45) is 1.15. The third kappa shape index (κ3) is 3.99. The fraction of sp³-hybridized carbons (Fsp3) is 0.625. The second-order valence-electron chi connectivity index (χ2n) is 7.30. The molecule has 0 spiro atoms. The first kappa shape index (κ1) is 19.4. The molecule has 8 heteroatoms. The summed E-state index contributed by atoms with van der Waals surface area (Å²) in [5.74, 6) is 0. The molecule has 0 radical (unpaired) electrons. The molecule has 0 amide bonds. The molecule has 0 N–H and O–H groups in total. The zero-order valence-electron chi connectivity index (χ0n) is 14.9. The molecule has 1 aromatic rings. The maximum Gasteiger partial charge on any atom is 0.243 e. The molecule has 0 unspecified atom stereocenters. The zero-order valence-corrected chi connectivity index (χ0v) is 16.5. The molecule has 6 nitrogen and oxygen atoms in total. The quantitative estimate of drug-likeness (QED) is 0.805. The van der Waals surface area contributed by atoms with Crippen molar-refractivity contribution >= 4 is 20.0 Å². The minimum atomic E-state index is -3.61. The van der Waals surface area contributed by atoms with Gasteiger partial charge in [0.15, 0.2) is 0 Å². The molecule has 0 atom stereocenters. The Kier molecular flexibility index (Phi) is 5.17. The van der Waals surface area contributed by atoms with Crippen molar-refractivity contribution in [1.82, 2.24) is 8.61 Å².